The van der Waals surface area contributed by atoms with Gasteiger partial charge in [0.1, 0.15) is 0 Å². The van der Waals surface area contributed by atoms with Gasteiger partial charge in [-0.05, 0) is 43.5 Å². The van der Waals surface area contributed by atoms with Crippen LogP contribution in [0.1, 0.15) is 31.4 Å². The number of fused-ring (bicyclic) bond motifs is 3. The van der Waals surface area contributed by atoms with E-state index in [0.29, 0.717) is 6.04 Å². The molecule has 136 valence electrons. The van der Waals surface area contributed by atoms with Crippen molar-refractivity contribution in [2.45, 2.75) is 32.4 Å². The average Bonchev–Trinajstić information content (AvgIpc) is 3.02. The summed E-state index contributed by atoms with van der Waals surface area (Å²) < 4.78 is 2.43. The summed E-state index contributed by atoms with van der Waals surface area (Å²) in [4.78, 5) is 2.64. The number of nitrogens with one attached hydrogen (secondary N) is 1. The lowest BCUT2D eigenvalue weighted by molar-refractivity contribution is 0.166. The van der Waals surface area contributed by atoms with Crippen LogP contribution < -0.4 is 5.32 Å². The zero-order valence-electron chi connectivity index (χ0n) is 15.7. The highest BCUT2D eigenvalue weighted by molar-refractivity contribution is 6.08. The number of hydrogen-bond donors (Lipinski definition) is 1. The highest BCUT2D eigenvalue weighted by Gasteiger charge is 2.22. The number of allylic oxidation sites excluding steroid dienone is 1. The van der Waals surface area contributed by atoms with E-state index in [2.05, 4.69) is 76.8 Å². The Morgan fingerprint density at radius 1 is 1.08 bits per heavy atom. The molecule has 0 aliphatic carbocycles. The van der Waals surface area contributed by atoms with Gasteiger partial charge in [-0.15, -0.1) is 6.58 Å². The molecule has 2 aromatic carbocycles. The second-order valence-electron chi connectivity index (χ2n) is 7.21. The minimum Gasteiger partial charge on any atom is -0.341 e. The van der Waals surface area contributed by atoms with Crippen LogP contribution in [0.25, 0.3) is 21.8 Å². The third kappa shape index (κ3) is 3.06. The first-order chi connectivity index (χ1) is 12.8. The molecule has 3 aromatic rings. The molecule has 1 N–H and O–H groups in total. The number of rotatable bonds is 6. The van der Waals surface area contributed by atoms with Gasteiger partial charge in [0, 0.05) is 60.6 Å². The van der Waals surface area contributed by atoms with Crippen molar-refractivity contribution >= 4 is 21.8 Å². The van der Waals surface area contributed by atoms with Crippen LogP contribution in [0.5, 0.6) is 0 Å². The first-order valence-corrected chi connectivity index (χ1v) is 9.90. The molecule has 1 saturated heterocycles. The summed E-state index contributed by atoms with van der Waals surface area (Å²) in [6.07, 6.45) is 4.25. The van der Waals surface area contributed by atoms with Crippen molar-refractivity contribution in [3.63, 3.8) is 0 Å². The van der Waals surface area contributed by atoms with Crippen molar-refractivity contribution in [1.82, 2.24) is 14.8 Å². The molecule has 0 unspecified atom stereocenters. The minimum absolute atomic E-state index is 0.475. The van der Waals surface area contributed by atoms with Crippen LogP contribution in [-0.4, -0.2) is 35.6 Å². The summed E-state index contributed by atoms with van der Waals surface area (Å²) in [5.41, 5.74) is 4.13. The van der Waals surface area contributed by atoms with Gasteiger partial charge in [0.25, 0.3) is 0 Å². The molecule has 4 rings (SSSR count). The van der Waals surface area contributed by atoms with Crippen LogP contribution in [0, 0.1) is 0 Å². The average molecular weight is 348 g/mol. The highest BCUT2D eigenvalue weighted by Crippen LogP contribution is 2.34. The maximum atomic E-state index is 3.94. The number of aryl methyl sites for hydroxylation is 1. The van der Waals surface area contributed by atoms with Crippen LogP contribution in [-0.2, 0) is 6.54 Å². The second kappa shape index (κ2) is 7.65. The Morgan fingerprint density at radius 3 is 2.62 bits per heavy atom. The van der Waals surface area contributed by atoms with E-state index < -0.39 is 0 Å². The molecule has 1 atom stereocenters. The van der Waals surface area contributed by atoms with Crippen molar-refractivity contribution < 1.29 is 0 Å². The Labute approximate surface area is 156 Å². The predicted molar refractivity (Wildman–Crippen MR) is 112 cm³/mol. The minimum atomic E-state index is 0.475. The number of hydrogen-bond acceptors (Lipinski definition) is 2. The molecule has 0 spiro atoms. The van der Waals surface area contributed by atoms with Crippen LogP contribution in [0.15, 0.2) is 55.1 Å². The fourth-order valence-corrected chi connectivity index (χ4v) is 4.45. The van der Waals surface area contributed by atoms with Gasteiger partial charge in [-0.3, -0.25) is 4.90 Å². The first kappa shape index (κ1) is 17.3. The van der Waals surface area contributed by atoms with E-state index >= 15 is 0 Å². The van der Waals surface area contributed by atoms with Crippen LogP contribution in [0.4, 0.5) is 0 Å². The van der Waals surface area contributed by atoms with E-state index in [1.54, 1.807) is 0 Å². The number of benzene rings is 2. The van der Waals surface area contributed by atoms with E-state index in [1.807, 2.05) is 0 Å². The molecule has 26 heavy (non-hydrogen) atoms. The Balaban J connectivity index is 1.81. The van der Waals surface area contributed by atoms with Crippen molar-refractivity contribution in [3.05, 3.63) is 60.7 Å². The molecule has 1 aromatic heterocycles. The van der Waals surface area contributed by atoms with Gasteiger partial charge in [-0.25, -0.2) is 0 Å². The molecule has 2 heterocycles. The summed E-state index contributed by atoms with van der Waals surface area (Å²) in [5, 5.41) is 6.23. The van der Waals surface area contributed by atoms with E-state index in [1.165, 1.54) is 27.4 Å². The topological polar surface area (TPSA) is 20.2 Å². The highest BCUT2D eigenvalue weighted by atomic mass is 15.2. The number of nitrogens with zero attached hydrogens (tertiary/aromatic N) is 2. The van der Waals surface area contributed by atoms with Crippen molar-refractivity contribution in [3.8, 4) is 0 Å². The maximum Gasteiger partial charge on any atom is 0.0491 e. The summed E-state index contributed by atoms with van der Waals surface area (Å²) in [7, 11) is 0. The largest absolute Gasteiger partial charge is 0.341 e. The monoisotopic (exact) mass is 347 g/mol. The SMILES string of the molecule is C=CCC[C@H](c1ccc2c(c1)c1ccccc1n2CC)N1CCNCC1. The number of piperazine rings is 1. The summed E-state index contributed by atoms with van der Waals surface area (Å²) in [5.74, 6) is 0. The standard InChI is InChI=1S/C23H29N3/c1-3-5-9-21(25-15-13-24-14-16-25)18-11-12-23-20(17-18)19-8-6-7-10-22(19)26(23)4-2/h3,6-8,10-12,17,21,24H,1,4-5,9,13-16H2,2H3/t21-/m1/s1. The smallest absolute Gasteiger partial charge is 0.0491 e. The summed E-state index contributed by atoms with van der Waals surface area (Å²) in [6.45, 7) is 11.6. The Kier molecular flexibility index (Phi) is 5.09. The molecular weight excluding hydrogens is 318 g/mol. The van der Waals surface area contributed by atoms with Gasteiger partial charge in [0.2, 0.25) is 0 Å². The molecule has 0 saturated carbocycles. The summed E-state index contributed by atoms with van der Waals surface area (Å²) >= 11 is 0. The van der Waals surface area contributed by atoms with E-state index in [9.17, 15) is 0 Å². The maximum absolute atomic E-state index is 3.94. The van der Waals surface area contributed by atoms with Gasteiger partial charge in [-0.1, -0.05) is 30.3 Å². The molecule has 0 radical (unpaired) electrons. The molecule has 1 fully saturated rings. The quantitative estimate of drug-likeness (QED) is 0.651. The number of para-hydroxylation sites is 1. The second-order valence-corrected chi connectivity index (χ2v) is 7.21. The molecule has 1 aliphatic heterocycles. The van der Waals surface area contributed by atoms with Crippen molar-refractivity contribution in [2.24, 2.45) is 0 Å². The predicted octanol–water partition coefficient (Wildman–Crippen LogP) is 4.73. The lowest BCUT2D eigenvalue weighted by Crippen LogP contribution is -2.45. The van der Waals surface area contributed by atoms with Crippen LogP contribution in [0.2, 0.25) is 0 Å². The zero-order valence-corrected chi connectivity index (χ0v) is 15.7. The van der Waals surface area contributed by atoms with Gasteiger partial charge in [-0.2, -0.15) is 0 Å². The third-order valence-electron chi connectivity index (χ3n) is 5.73. The lowest BCUT2D eigenvalue weighted by atomic mass is 9.97. The van der Waals surface area contributed by atoms with Gasteiger partial charge in [0.15, 0.2) is 0 Å². The van der Waals surface area contributed by atoms with Gasteiger partial charge >= 0.3 is 0 Å². The van der Waals surface area contributed by atoms with Crippen molar-refractivity contribution in [1.29, 1.82) is 0 Å². The van der Waals surface area contributed by atoms with Crippen molar-refractivity contribution in [2.75, 3.05) is 26.2 Å². The van der Waals surface area contributed by atoms with Crippen LogP contribution in [0.3, 0.4) is 0 Å². The fraction of sp³-hybridized carbons (Fsp3) is 0.391. The van der Waals surface area contributed by atoms with Crippen LogP contribution >= 0.6 is 0 Å². The molecule has 1 aliphatic rings. The number of aromatic nitrogens is 1. The Morgan fingerprint density at radius 2 is 1.85 bits per heavy atom. The van der Waals surface area contributed by atoms with E-state index in [-0.39, 0.29) is 0 Å². The van der Waals surface area contributed by atoms with E-state index in [0.717, 1.165) is 45.6 Å². The van der Waals surface area contributed by atoms with Gasteiger partial charge in [0.05, 0.1) is 0 Å². The molecule has 3 heteroatoms. The molecular formula is C23H29N3. The Hall–Kier alpha value is -2.10. The third-order valence-corrected chi connectivity index (χ3v) is 5.73. The molecule has 3 nitrogen and oxygen atoms in total. The molecule has 0 bridgehead atoms. The molecule has 0 amide bonds. The normalized spacial score (nSPS) is 17.0. The zero-order chi connectivity index (χ0) is 17.9. The lowest BCUT2D eigenvalue weighted by Gasteiger charge is -2.35. The van der Waals surface area contributed by atoms with Gasteiger partial charge < -0.3 is 9.88 Å². The first-order valence-electron chi connectivity index (χ1n) is 9.90. The summed E-state index contributed by atoms with van der Waals surface area (Å²) in [6, 6.07) is 16.4. The fourth-order valence-electron chi connectivity index (χ4n) is 4.45. The van der Waals surface area contributed by atoms with E-state index in [4.69, 9.17) is 0 Å². The Bertz CT molecular complexity index is 902.